The van der Waals surface area contributed by atoms with Crippen LogP contribution in [0.2, 0.25) is 0 Å². The summed E-state index contributed by atoms with van der Waals surface area (Å²) in [5, 5.41) is 10.3. The number of carbonyl (C=O) groups excluding carboxylic acids is 2. The van der Waals surface area contributed by atoms with E-state index in [1.807, 2.05) is 0 Å². The average Bonchev–Trinajstić information content (AvgIpc) is 2.90. The Morgan fingerprint density at radius 1 is 1.24 bits per heavy atom. The Labute approximate surface area is 121 Å². The summed E-state index contributed by atoms with van der Waals surface area (Å²) < 4.78 is 5.41. The number of nitrogens with zero attached hydrogens (tertiary/aromatic N) is 1. The SMILES string of the molecule is Cc1ccc(C(O)c2ccc3c(c2)C(=O)N(C)C(=O)C3)o1. The highest BCUT2D eigenvalue weighted by Crippen LogP contribution is 2.27. The first kappa shape index (κ1) is 13.6. The van der Waals surface area contributed by atoms with Crippen molar-refractivity contribution in [2.45, 2.75) is 19.4 Å². The van der Waals surface area contributed by atoms with Gasteiger partial charge in [-0.3, -0.25) is 14.5 Å². The number of aliphatic hydroxyl groups is 1. The maximum Gasteiger partial charge on any atom is 0.260 e. The van der Waals surface area contributed by atoms with E-state index >= 15 is 0 Å². The predicted molar refractivity (Wildman–Crippen MR) is 74.8 cm³/mol. The zero-order chi connectivity index (χ0) is 15.1. The summed E-state index contributed by atoms with van der Waals surface area (Å²) >= 11 is 0. The van der Waals surface area contributed by atoms with Gasteiger partial charge in [-0.1, -0.05) is 12.1 Å². The molecule has 1 unspecified atom stereocenters. The molecule has 2 amide bonds. The molecule has 1 aromatic carbocycles. The molecule has 0 fully saturated rings. The van der Waals surface area contributed by atoms with Gasteiger partial charge < -0.3 is 9.52 Å². The Morgan fingerprint density at radius 3 is 2.67 bits per heavy atom. The molecule has 1 atom stereocenters. The lowest BCUT2D eigenvalue weighted by Gasteiger charge is -2.24. The van der Waals surface area contributed by atoms with Crippen LogP contribution in [0, 0.1) is 6.92 Å². The highest BCUT2D eigenvalue weighted by molar-refractivity contribution is 6.09. The summed E-state index contributed by atoms with van der Waals surface area (Å²) in [6.07, 6.45) is -0.729. The Hall–Kier alpha value is -2.40. The maximum absolute atomic E-state index is 12.1. The molecule has 2 heterocycles. The molecule has 0 spiro atoms. The highest BCUT2D eigenvalue weighted by atomic mass is 16.4. The highest BCUT2D eigenvalue weighted by Gasteiger charge is 2.29. The first-order chi connectivity index (χ1) is 9.97. The molecule has 0 aliphatic carbocycles. The van der Waals surface area contributed by atoms with Crippen LogP contribution in [0.3, 0.4) is 0 Å². The molecular formula is C16H15NO4. The molecule has 5 nitrogen and oxygen atoms in total. The largest absolute Gasteiger partial charge is 0.463 e. The molecule has 0 radical (unpaired) electrons. The molecule has 1 aliphatic rings. The Bertz CT molecular complexity index is 732. The van der Waals surface area contributed by atoms with Crippen molar-refractivity contribution in [2.75, 3.05) is 7.05 Å². The topological polar surface area (TPSA) is 70.8 Å². The molecule has 0 bridgehead atoms. The summed E-state index contributed by atoms with van der Waals surface area (Å²) in [5.41, 5.74) is 1.71. The van der Waals surface area contributed by atoms with Gasteiger partial charge in [0.05, 0.1) is 6.42 Å². The van der Waals surface area contributed by atoms with E-state index < -0.39 is 6.10 Å². The second kappa shape index (κ2) is 4.86. The summed E-state index contributed by atoms with van der Waals surface area (Å²) in [6.45, 7) is 1.80. The molecule has 108 valence electrons. The second-order valence-corrected chi connectivity index (χ2v) is 5.20. The minimum Gasteiger partial charge on any atom is -0.463 e. The van der Waals surface area contributed by atoms with E-state index in [4.69, 9.17) is 4.42 Å². The number of rotatable bonds is 2. The fourth-order valence-corrected chi connectivity index (χ4v) is 2.46. The van der Waals surface area contributed by atoms with E-state index in [1.165, 1.54) is 7.05 Å². The minimum absolute atomic E-state index is 0.202. The summed E-state index contributed by atoms with van der Waals surface area (Å²) in [4.78, 5) is 24.9. The van der Waals surface area contributed by atoms with Gasteiger partial charge in [-0.05, 0) is 36.2 Å². The van der Waals surface area contributed by atoms with Crippen LogP contribution in [0.25, 0.3) is 0 Å². The van der Waals surface area contributed by atoms with Crippen LogP contribution in [-0.2, 0) is 11.2 Å². The number of likely N-dealkylation sites (N-methyl/N-ethyl adjacent to an activating group) is 1. The van der Waals surface area contributed by atoms with Crippen molar-refractivity contribution in [1.82, 2.24) is 4.90 Å². The van der Waals surface area contributed by atoms with Crippen LogP contribution in [0.4, 0.5) is 0 Å². The Morgan fingerprint density at radius 2 is 2.00 bits per heavy atom. The number of hydrogen-bond donors (Lipinski definition) is 1. The van der Waals surface area contributed by atoms with Crippen molar-refractivity contribution in [2.24, 2.45) is 0 Å². The number of imide groups is 1. The fraction of sp³-hybridized carbons (Fsp3) is 0.250. The lowest BCUT2D eigenvalue weighted by Crippen LogP contribution is -2.39. The molecule has 1 N–H and O–H groups in total. The van der Waals surface area contributed by atoms with Gasteiger partial charge in [-0.25, -0.2) is 0 Å². The first-order valence-electron chi connectivity index (χ1n) is 6.65. The van der Waals surface area contributed by atoms with Gasteiger partial charge in [-0.15, -0.1) is 0 Å². The van der Waals surface area contributed by atoms with Gasteiger partial charge in [0.1, 0.15) is 17.6 Å². The van der Waals surface area contributed by atoms with Crippen LogP contribution >= 0.6 is 0 Å². The van der Waals surface area contributed by atoms with Crippen molar-refractivity contribution in [3.8, 4) is 0 Å². The molecule has 0 saturated carbocycles. The van der Waals surface area contributed by atoms with E-state index in [0.29, 0.717) is 28.2 Å². The molecule has 21 heavy (non-hydrogen) atoms. The van der Waals surface area contributed by atoms with Crippen molar-refractivity contribution < 1.29 is 19.1 Å². The third kappa shape index (κ3) is 2.25. The molecule has 5 heteroatoms. The maximum atomic E-state index is 12.1. The summed E-state index contributed by atoms with van der Waals surface area (Å²) in [6, 6.07) is 8.54. The second-order valence-electron chi connectivity index (χ2n) is 5.20. The van der Waals surface area contributed by atoms with E-state index in [2.05, 4.69) is 0 Å². The number of aliphatic hydroxyl groups excluding tert-OH is 1. The molecule has 1 aromatic heterocycles. The minimum atomic E-state index is -0.931. The van der Waals surface area contributed by atoms with Gasteiger partial charge in [0.15, 0.2) is 0 Å². The third-order valence-electron chi connectivity index (χ3n) is 3.73. The van der Waals surface area contributed by atoms with E-state index in [9.17, 15) is 14.7 Å². The molecule has 0 saturated heterocycles. The first-order valence-corrected chi connectivity index (χ1v) is 6.65. The number of hydrogen-bond acceptors (Lipinski definition) is 4. The third-order valence-corrected chi connectivity index (χ3v) is 3.73. The van der Waals surface area contributed by atoms with Gasteiger partial charge in [0, 0.05) is 12.6 Å². The smallest absolute Gasteiger partial charge is 0.260 e. The molecule has 2 aromatic rings. The van der Waals surface area contributed by atoms with Crippen LogP contribution in [0.5, 0.6) is 0 Å². The number of benzene rings is 1. The summed E-state index contributed by atoms with van der Waals surface area (Å²) in [5.74, 6) is 0.580. The lowest BCUT2D eigenvalue weighted by molar-refractivity contribution is -0.127. The van der Waals surface area contributed by atoms with Crippen molar-refractivity contribution >= 4 is 11.8 Å². The van der Waals surface area contributed by atoms with E-state index in [-0.39, 0.29) is 18.2 Å². The van der Waals surface area contributed by atoms with Gasteiger partial charge in [0.2, 0.25) is 5.91 Å². The van der Waals surface area contributed by atoms with Crippen molar-refractivity contribution in [3.05, 3.63) is 58.5 Å². The zero-order valence-corrected chi connectivity index (χ0v) is 11.8. The molecule has 3 rings (SSSR count). The van der Waals surface area contributed by atoms with E-state index in [0.717, 1.165) is 4.90 Å². The van der Waals surface area contributed by atoms with Crippen LogP contribution < -0.4 is 0 Å². The zero-order valence-electron chi connectivity index (χ0n) is 11.8. The van der Waals surface area contributed by atoms with Crippen LogP contribution in [0.15, 0.2) is 34.7 Å². The average molecular weight is 285 g/mol. The quantitative estimate of drug-likeness (QED) is 0.854. The Balaban J connectivity index is 2.00. The lowest BCUT2D eigenvalue weighted by atomic mass is 9.94. The number of fused-ring (bicyclic) bond motifs is 1. The van der Waals surface area contributed by atoms with Crippen molar-refractivity contribution in [1.29, 1.82) is 0 Å². The Kier molecular flexibility index (Phi) is 3.14. The van der Waals surface area contributed by atoms with Crippen LogP contribution in [0.1, 0.15) is 39.1 Å². The number of amides is 2. The predicted octanol–water partition coefficient (Wildman–Crippen LogP) is 1.82. The number of furan rings is 1. The monoisotopic (exact) mass is 285 g/mol. The fourth-order valence-electron chi connectivity index (χ4n) is 2.46. The van der Waals surface area contributed by atoms with Gasteiger partial charge >= 0.3 is 0 Å². The standard InChI is InChI=1S/C16H15NO4/c1-9-3-6-13(21-9)15(19)11-5-4-10-8-14(18)17(2)16(20)12(10)7-11/h3-7,15,19H,8H2,1-2H3. The summed E-state index contributed by atoms with van der Waals surface area (Å²) in [7, 11) is 1.46. The number of aryl methyl sites for hydroxylation is 1. The molecular weight excluding hydrogens is 270 g/mol. The van der Waals surface area contributed by atoms with Gasteiger partial charge in [0.25, 0.3) is 5.91 Å². The molecule has 1 aliphatic heterocycles. The van der Waals surface area contributed by atoms with Gasteiger partial charge in [-0.2, -0.15) is 0 Å². The van der Waals surface area contributed by atoms with E-state index in [1.54, 1.807) is 37.3 Å². The van der Waals surface area contributed by atoms with Crippen LogP contribution in [-0.4, -0.2) is 28.9 Å². The van der Waals surface area contributed by atoms with Crippen molar-refractivity contribution in [3.63, 3.8) is 0 Å². The normalized spacial score (nSPS) is 16.0. The number of carbonyl (C=O) groups is 2.